The van der Waals surface area contributed by atoms with Crippen LogP contribution in [0.15, 0.2) is 193 Å². The summed E-state index contributed by atoms with van der Waals surface area (Å²) >= 11 is 18.6. The third-order valence-electron chi connectivity index (χ3n) is 23.1. The van der Waals surface area contributed by atoms with Gasteiger partial charge in [-0.1, -0.05) is 102 Å². The number of carbonyl (C=O) groups is 3. The van der Waals surface area contributed by atoms with Crippen LogP contribution in [-0.2, 0) is 40.2 Å². The molecule has 1 N–H and O–H groups in total. The summed E-state index contributed by atoms with van der Waals surface area (Å²) in [5.41, 5.74) is 13.8. The van der Waals surface area contributed by atoms with Crippen molar-refractivity contribution < 1.29 is 29.0 Å². The van der Waals surface area contributed by atoms with Crippen molar-refractivity contribution in [1.82, 2.24) is 24.2 Å². The Morgan fingerprint density at radius 3 is 1.22 bits per heavy atom. The molecule has 22 heteroatoms. The molecule has 7 aliphatic rings. The van der Waals surface area contributed by atoms with Crippen molar-refractivity contribution in [2.45, 2.75) is 77.7 Å². The molecule has 0 aliphatic carbocycles. The van der Waals surface area contributed by atoms with Gasteiger partial charge < -0.3 is 53.4 Å². The Hall–Kier alpha value is -9.31. The minimum atomic E-state index is 0.0385. The van der Waals surface area contributed by atoms with E-state index < -0.39 is 0 Å². The van der Waals surface area contributed by atoms with E-state index in [9.17, 15) is 24.3 Å². The highest BCUT2D eigenvalue weighted by atomic mass is 35.5. The zero-order valence-electron chi connectivity index (χ0n) is 65.8. The molecule has 596 valence electrons. The molecule has 8 heterocycles. The molecule has 9 aromatic rings. The molecule has 3 amide bonds. The van der Waals surface area contributed by atoms with Crippen LogP contribution in [-0.4, -0.2) is 212 Å². The average Bonchev–Trinajstić information content (AvgIpc) is 0.809. The average molecular weight is 1590 g/mol. The molecule has 0 unspecified atom stereocenters. The number of anilines is 7. The number of rotatable bonds is 22. The molecule has 4 saturated heterocycles. The third-order valence-corrected chi connectivity index (χ3v) is 24.0. The number of fused-ring (bicyclic) bond motifs is 4. The van der Waals surface area contributed by atoms with Gasteiger partial charge in [-0.05, 0) is 204 Å². The highest BCUT2D eigenvalue weighted by Gasteiger charge is 2.30. The Morgan fingerprint density at radius 2 is 0.735 bits per heavy atom. The molecule has 19 nitrogen and oxygen atoms in total. The molecule has 8 aromatic carbocycles. The molecule has 113 heavy (non-hydrogen) atoms. The van der Waals surface area contributed by atoms with Gasteiger partial charge in [-0.3, -0.25) is 38.8 Å². The Bertz CT molecular complexity index is 4570. The van der Waals surface area contributed by atoms with Crippen molar-refractivity contribution in [3.63, 3.8) is 0 Å². The normalized spacial score (nSPS) is 17.0. The third kappa shape index (κ3) is 21.4. The Morgan fingerprint density at radius 1 is 0.345 bits per heavy atom. The maximum absolute atomic E-state index is 12.5. The number of methoxy groups -OCH3 is 2. The number of nitrogens with zero attached hydrogens (tertiary/aromatic N) is 12. The van der Waals surface area contributed by atoms with Gasteiger partial charge in [0.05, 0.1) is 25.4 Å². The van der Waals surface area contributed by atoms with Crippen LogP contribution in [0.4, 0.5) is 39.8 Å². The topological polar surface area (TPSA) is 148 Å². The van der Waals surface area contributed by atoms with E-state index in [2.05, 4.69) is 107 Å². The molecular formula is C91H109Cl3N12O7. The summed E-state index contributed by atoms with van der Waals surface area (Å²) in [6, 6.07) is 61.7. The number of benzene rings is 8. The summed E-state index contributed by atoms with van der Waals surface area (Å²) in [6.07, 6.45) is 8.03. The summed E-state index contributed by atoms with van der Waals surface area (Å²) in [6.45, 7) is 25.5. The smallest absolute Gasteiger partial charge is 0.251 e. The Balaban J connectivity index is 0.000000132. The lowest BCUT2D eigenvalue weighted by Gasteiger charge is -2.37. The number of phenols is 1. The summed E-state index contributed by atoms with van der Waals surface area (Å²) < 4.78 is 12.8. The van der Waals surface area contributed by atoms with E-state index in [1.165, 1.54) is 33.8 Å². The number of ether oxygens (including phenoxy) is 2. The van der Waals surface area contributed by atoms with E-state index in [0.717, 1.165) is 261 Å². The summed E-state index contributed by atoms with van der Waals surface area (Å²) in [7, 11) is 3.36. The van der Waals surface area contributed by atoms with Gasteiger partial charge in [-0.25, -0.2) is 0 Å². The number of halogens is 3. The number of para-hydroxylation sites is 1. The first-order valence-corrected chi connectivity index (χ1v) is 41.6. The fourth-order valence-electron chi connectivity index (χ4n) is 16.9. The van der Waals surface area contributed by atoms with Crippen LogP contribution in [0.25, 0.3) is 10.9 Å². The highest BCUT2D eigenvalue weighted by molar-refractivity contribution is 6.32. The van der Waals surface area contributed by atoms with E-state index in [0.29, 0.717) is 31.6 Å². The van der Waals surface area contributed by atoms with Crippen LogP contribution in [0.3, 0.4) is 0 Å². The number of piperazine rings is 4. The van der Waals surface area contributed by atoms with Crippen molar-refractivity contribution in [2.24, 2.45) is 0 Å². The van der Waals surface area contributed by atoms with Crippen molar-refractivity contribution in [3.8, 4) is 17.2 Å². The van der Waals surface area contributed by atoms with Crippen LogP contribution in [0, 0.1) is 6.92 Å². The molecule has 4 fully saturated rings. The minimum absolute atomic E-state index is 0.0385. The number of carbonyl (C=O) groups excluding carboxylic acids is 3. The second-order valence-electron chi connectivity index (χ2n) is 30.2. The van der Waals surface area contributed by atoms with Crippen molar-refractivity contribution in [3.05, 3.63) is 236 Å². The van der Waals surface area contributed by atoms with Crippen LogP contribution >= 0.6 is 34.8 Å². The van der Waals surface area contributed by atoms with Gasteiger partial charge in [-0.2, -0.15) is 0 Å². The second kappa shape index (κ2) is 40.1. The van der Waals surface area contributed by atoms with Crippen LogP contribution < -0.4 is 49.3 Å². The highest BCUT2D eigenvalue weighted by Crippen LogP contribution is 2.37. The predicted molar refractivity (Wildman–Crippen MR) is 463 cm³/mol. The van der Waals surface area contributed by atoms with Crippen LogP contribution in [0.1, 0.15) is 67.2 Å². The summed E-state index contributed by atoms with van der Waals surface area (Å²) in [5, 5.41) is 13.0. The lowest BCUT2D eigenvalue weighted by atomic mass is 9.96. The zero-order chi connectivity index (χ0) is 78.6. The molecule has 0 saturated carbocycles. The molecule has 16 rings (SSSR count). The maximum atomic E-state index is 12.5. The lowest BCUT2D eigenvalue weighted by Crippen LogP contribution is -2.47. The number of aryl methyl sites for hydroxylation is 2. The molecular weight excluding hydrogens is 1480 g/mol. The minimum Gasteiger partial charge on any atom is -0.508 e. The van der Waals surface area contributed by atoms with Gasteiger partial charge in [0.1, 0.15) is 17.2 Å². The molecule has 0 atom stereocenters. The first-order valence-electron chi connectivity index (χ1n) is 40.5. The van der Waals surface area contributed by atoms with E-state index in [1.54, 1.807) is 26.4 Å². The molecule has 1 aromatic heterocycles. The van der Waals surface area contributed by atoms with E-state index in [1.807, 2.05) is 135 Å². The van der Waals surface area contributed by atoms with Gasteiger partial charge in [-0.15, -0.1) is 0 Å². The molecule has 0 bridgehead atoms. The van der Waals surface area contributed by atoms with Crippen LogP contribution in [0.5, 0.6) is 17.2 Å². The number of hydrogen-bond donors (Lipinski definition) is 1. The number of pyridine rings is 1. The maximum Gasteiger partial charge on any atom is 0.251 e. The largest absolute Gasteiger partial charge is 0.508 e. The lowest BCUT2D eigenvalue weighted by molar-refractivity contribution is -0.119. The zero-order valence-corrected chi connectivity index (χ0v) is 68.1. The van der Waals surface area contributed by atoms with Gasteiger partial charge in [0.25, 0.3) is 5.56 Å². The quantitative estimate of drug-likeness (QED) is 0.0686. The first-order chi connectivity index (χ1) is 55.1. The van der Waals surface area contributed by atoms with Crippen molar-refractivity contribution in [2.75, 3.05) is 199 Å². The number of aromatic nitrogens is 1. The molecule has 0 radical (unpaired) electrons. The van der Waals surface area contributed by atoms with Gasteiger partial charge in [0.15, 0.2) is 0 Å². The number of hydrogen-bond acceptors (Lipinski definition) is 15. The summed E-state index contributed by atoms with van der Waals surface area (Å²) in [4.78, 5) is 75.2. The number of phenolic OH excluding ortho intramolecular Hbond substituents is 1. The van der Waals surface area contributed by atoms with E-state index in [-0.39, 0.29) is 23.3 Å². The van der Waals surface area contributed by atoms with Crippen molar-refractivity contribution in [1.29, 1.82) is 0 Å². The van der Waals surface area contributed by atoms with E-state index >= 15 is 0 Å². The number of aromatic hydroxyl groups is 1. The van der Waals surface area contributed by atoms with Gasteiger partial charge in [0, 0.05) is 222 Å². The molecule has 7 aliphatic heterocycles. The predicted octanol–water partition coefficient (Wildman–Crippen LogP) is 14.7. The Kier molecular flexibility index (Phi) is 29.0. The standard InChI is InChI=1S/C23H26ClN3O2.C23H28ClN3O.C23H29N3O2.C22H26ClN3O2/c1-29-22-8-3-7-21-20(22)9-10-23(28)27(21)12-4-11-25-13-15-26(16-14-25)19-6-2-5-18(24)17-19;1-18-5-2-8-22-21(18)9-10-23(28)27(22)12-4-11-25-13-15-26(16-14-25)20-7-3-6-19(24)17-20;1-28-22-10-5-9-21-20(22)11-12-23(27)26(21)14-6-13-24-15-17-25(18-16-24)19-7-3-2-4-8-19;23-20-6-2-7-21-19(20)8-9-22(28)26(21)11-3-10-24-12-14-25(15-13-24)17-4-1-5-18(27)16-17/h2-3,5-10,17H,4,11-16H2,1H3;2-3,5-8,17H,4,9-16H2,1H3;2-5,7-10H,6,11-18H2,1H3;1-2,4-7,16,27H,3,8-15H2. The van der Waals surface area contributed by atoms with E-state index in [4.69, 9.17) is 44.3 Å². The fraction of sp³-hybridized carbons (Fsp3) is 0.407. The Labute approximate surface area is 681 Å². The second-order valence-corrected chi connectivity index (χ2v) is 31.4. The SMILES string of the molecule is COc1cccc2c1CCC(=O)N2CCCN1CCN(c2ccccc2)CC1.COc1cccc2c1ccc(=O)n2CCCN1CCN(c2cccc(Cl)c2)CC1.Cc1cccc2c1CCC(=O)N2CCCN1CCN(c2cccc(Cl)c2)CC1.O=C1CCc2c(Cl)cccc2N1CCCN1CCN(c2cccc(O)c2)CC1. The number of amides is 3. The monoisotopic (exact) mass is 1590 g/mol. The van der Waals surface area contributed by atoms with Crippen LogP contribution in [0.2, 0.25) is 15.1 Å². The van der Waals surface area contributed by atoms with Crippen molar-refractivity contribution >= 4 is 103 Å². The van der Waals surface area contributed by atoms with Gasteiger partial charge in [0.2, 0.25) is 17.7 Å². The molecule has 0 spiro atoms. The first kappa shape index (κ1) is 81.7. The summed E-state index contributed by atoms with van der Waals surface area (Å²) in [5.74, 6) is 2.70. The fourth-order valence-corrected chi connectivity index (χ4v) is 17.5. The van der Waals surface area contributed by atoms with Gasteiger partial charge >= 0.3 is 0 Å².